The largest absolute Gasteiger partial charge is 0.491 e. The van der Waals surface area contributed by atoms with Crippen molar-refractivity contribution in [3.05, 3.63) is 23.0 Å². The molecule has 0 fully saturated rings. The standard InChI is InChI=1S/C9H11NO/c1-6-5-10-7(2)9-8(6)3-4-11-9/h5H,3-4H2,1-2H3. The minimum absolute atomic E-state index is 0.822. The molecule has 0 amide bonds. The summed E-state index contributed by atoms with van der Waals surface area (Å²) in [5.41, 5.74) is 3.61. The molecule has 1 aliphatic rings. The quantitative estimate of drug-likeness (QED) is 0.559. The van der Waals surface area contributed by atoms with E-state index in [1.165, 1.54) is 11.1 Å². The fraction of sp³-hybridized carbons (Fsp3) is 0.444. The molecule has 0 saturated heterocycles. The molecule has 2 heteroatoms. The van der Waals surface area contributed by atoms with E-state index in [1.54, 1.807) is 0 Å². The molecule has 2 heterocycles. The number of aromatic nitrogens is 1. The first-order valence-corrected chi connectivity index (χ1v) is 3.87. The fourth-order valence-corrected chi connectivity index (χ4v) is 1.49. The molecule has 0 spiro atoms. The Morgan fingerprint density at radius 1 is 1.45 bits per heavy atom. The van der Waals surface area contributed by atoms with Crippen LogP contribution < -0.4 is 4.74 Å². The van der Waals surface area contributed by atoms with Gasteiger partial charge in [0.15, 0.2) is 0 Å². The lowest BCUT2D eigenvalue weighted by Crippen LogP contribution is -1.90. The zero-order valence-corrected chi connectivity index (χ0v) is 6.85. The minimum atomic E-state index is 0.822. The van der Waals surface area contributed by atoms with Crippen molar-refractivity contribution in [3.63, 3.8) is 0 Å². The highest BCUT2D eigenvalue weighted by molar-refractivity contribution is 5.43. The molecule has 1 aromatic rings. The summed E-state index contributed by atoms with van der Waals surface area (Å²) in [5, 5.41) is 0. The first kappa shape index (κ1) is 6.65. The zero-order chi connectivity index (χ0) is 7.84. The maximum atomic E-state index is 5.45. The lowest BCUT2D eigenvalue weighted by atomic mass is 10.1. The van der Waals surface area contributed by atoms with Crippen LogP contribution in [0.3, 0.4) is 0 Å². The van der Waals surface area contributed by atoms with Gasteiger partial charge in [-0.2, -0.15) is 0 Å². The van der Waals surface area contributed by atoms with Crippen LogP contribution >= 0.6 is 0 Å². The van der Waals surface area contributed by atoms with Gasteiger partial charge in [0.05, 0.1) is 12.3 Å². The molecule has 1 aliphatic heterocycles. The van der Waals surface area contributed by atoms with Crippen molar-refractivity contribution in [1.82, 2.24) is 4.98 Å². The molecule has 0 radical (unpaired) electrons. The molecule has 2 nitrogen and oxygen atoms in total. The van der Waals surface area contributed by atoms with Gasteiger partial charge in [-0.1, -0.05) is 0 Å². The van der Waals surface area contributed by atoms with Crippen LogP contribution in [0.1, 0.15) is 16.8 Å². The number of nitrogens with zero attached hydrogens (tertiary/aromatic N) is 1. The summed E-state index contributed by atoms with van der Waals surface area (Å²) in [7, 11) is 0. The molecular formula is C9H11NO. The van der Waals surface area contributed by atoms with Crippen LogP contribution in [-0.2, 0) is 6.42 Å². The van der Waals surface area contributed by atoms with E-state index in [1.807, 2.05) is 13.1 Å². The first-order valence-electron chi connectivity index (χ1n) is 3.87. The third-order valence-corrected chi connectivity index (χ3v) is 2.13. The van der Waals surface area contributed by atoms with Gasteiger partial charge in [-0.3, -0.25) is 4.98 Å². The Morgan fingerprint density at radius 2 is 2.27 bits per heavy atom. The lowest BCUT2D eigenvalue weighted by molar-refractivity contribution is 0.353. The van der Waals surface area contributed by atoms with Gasteiger partial charge in [-0.05, 0) is 19.4 Å². The molecule has 0 aliphatic carbocycles. The number of hydrogen-bond acceptors (Lipinski definition) is 2. The SMILES string of the molecule is Cc1cnc(C)c2c1CCO2. The number of pyridine rings is 1. The first-order chi connectivity index (χ1) is 5.29. The summed E-state index contributed by atoms with van der Waals surface area (Å²) in [6.45, 7) is 4.90. The third-order valence-electron chi connectivity index (χ3n) is 2.13. The van der Waals surface area contributed by atoms with Crippen molar-refractivity contribution in [1.29, 1.82) is 0 Å². The Morgan fingerprint density at radius 3 is 3.00 bits per heavy atom. The van der Waals surface area contributed by atoms with E-state index in [9.17, 15) is 0 Å². The number of ether oxygens (including phenoxy) is 1. The molecule has 0 N–H and O–H groups in total. The second kappa shape index (κ2) is 2.22. The van der Waals surface area contributed by atoms with Crippen LogP contribution in [0.2, 0.25) is 0 Å². The van der Waals surface area contributed by atoms with E-state index >= 15 is 0 Å². The predicted octanol–water partition coefficient (Wildman–Crippen LogP) is 1.63. The van der Waals surface area contributed by atoms with Crippen molar-refractivity contribution >= 4 is 0 Å². The van der Waals surface area contributed by atoms with Gasteiger partial charge in [0.25, 0.3) is 0 Å². The predicted molar refractivity (Wildman–Crippen MR) is 42.9 cm³/mol. The Kier molecular flexibility index (Phi) is 1.34. The molecule has 0 atom stereocenters. The van der Waals surface area contributed by atoms with E-state index in [0.29, 0.717) is 0 Å². The normalized spacial score (nSPS) is 14.4. The highest BCUT2D eigenvalue weighted by Gasteiger charge is 2.16. The van der Waals surface area contributed by atoms with Gasteiger partial charge in [0.2, 0.25) is 0 Å². The van der Waals surface area contributed by atoms with Gasteiger partial charge in [-0.15, -0.1) is 0 Å². The van der Waals surface area contributed by atoms with Crippen molar-refractivity contribution in [2.75, 3.05) is 6.61 Å². The molecular weight excluding hydrogens is 138 g/mol. The van der Waals surface area contributed by atoms with Crippen LogP contribution in [0.5, 0.6) is 5.75 Å². The Balaban J connectivity index is 2.64. The summed E-state index contributed by atoms with van der Waals surface area (Å²) >= 11 is 0. The summed E-state index contributed by atoms with van der Waals surface area (Å²) in [4.78, 5) is 4.23. The number of aryl methyl sites for hydroxylation is 2. The summed E-state index contributed by atoms with van der Waals surface area (Å²) in [5.74, 6) is 1.02. The number of rotatable bonds is 0. The molecule has 58 valence electrons. The highest BCUT2D eigenvalue weighted by atomic mass is 16.5. The van der Waals surface area contributed by atoms with Crippen molar-refractivity contribution in [2.45, 2.75) is 20.3 Å². The van der Waals surface area contributed by atoms with Crippen molar-refractivity contribution < 1.29 is 4.74 Å². The second-order valence-electron chi connectivity index (χ2n) is 2.93. The van der Waals surface area contributed by atoms with Gasteiger partial charge in [0.1, 0.15) is 5.75 Å². The third kappa shape index (κ3) is 0.897. The highest BCUT2D eigenvalue weighted by Crippen LogP contribution is 2.29. The average Bonchev–Trinajstić information content (AvgIpc) is 2.45. The second-order valence-corrected chi connectivity index (χ2v) is 2.93. The van der Waals surface area contributed by atoms with Crippen LogP contribution in [0.4, 0.5) is 0 Å². The topological polar surface area (TPSA) is 22.1 Å². The summed E-state index contributed by atoms with van der Waals surface area (Å²) in [6.07, 6.45) is 2.97. The van der Waals surface area contributed by atoms with Crippen LogP contribution in [-0.4, -0.2) is 11.6 Å². The Labute approximate surface area is 66.2 Å². The van der Waals surface area contributed by atoms with Crippen LogP contribution in [0.25, 0.3) is 0 Å². The van der Waals surface area contributed by atoms with E-state index in [4.69, 9.17) is 4.74 Å². The molecule has 11 heavy (non-hydrogen) atoms. The molecule has 0 aromatic carbocycles. The summed E-state index contributed by atoms with van der Waals surface area (Å²) in [6, 6.07) is 0. The zero-order valence-electron chi connectivity index (χ0n) is 6.85. The van der Waals surface area contributed by atoms with Crippen LogP contribution in [0.15, 0.2) is 6.20 Å². The van der Waals surface area contributed by atoms with E-state index in [2.05, 4.69) is 11.9 Å². The number of fused-ring (bicyclic) bond motifs is 1. The minimum Gasteiger partial charge on any atom is -0.491 e. The monoisotopic (exact) mass is 149 g/mol. The average molecular weight is 149 g/mol. The van der Waals surface area contributed by atoms with E-state index in [-0.39, 0.29) is 0 Å². The molecule has 0 unspecified atom stereocenters. The van der Waals surface area contributed by atoms with Gasteiger partial charge in [-0.25, -0.2) is 0 Å². The maximum absolute atomic E-state index is 5.45. The van der Waals surface area contributed by atoms with Crippen molar-refractivity contribution in [3.8, 4) is 5.75 Å². The van der Waals surface area contributed by atoms with E-state index < -0.39 is 0 Å². The Bertz CT molecular complexity index is 265. The smallest absolute Gasteiger partial charge is 0.144 e. The molecule has 0 saturated carbocycles. The number of hydrogen-bond donors (Lipinski definition) is 0. The van der Waals surface area contributed by atoms with Gasteiger partial charge >= 0.3 is 0 Å². The van der Waals surface area contributed by atoms with Gasteiger partial charge in [0, 0.05) is 18.2 Å². The molecule has 0 bridgehead atoms. The van der Waals surface area contributed by atoms with Crippen molar-refractivity contribution in [2.24, 2.45) is 0 Å². The lowest BCUT2D eigenvalue weighted by Gasteiger charge is -2.03. The fourth-order valence-electron chi connectivity index (χ4n) is 1.49. The summed E-state index contributed by atoms with van der Waals surface area (Å²) < 4.78 is 5.45. The molecule has 2 rings (SSSR count). The maximum Gasteiger partial charge on any atom is 0.144 e. The van der Waals surface area contributed by atoms with Gasteiger partial charge < -0.3 is 4.74 Å². The van der Waals surface area contributed by atoms with Crippen LogP contribution in [0, 0.1) is 13.8 Å². The van der Waals surface area contributed by atoms with E-state index in [0.717, 1.165) is 24.5 Å². The Hall–Kier alpha value is -1.05. The molecule has 1 aromatic heterocycles.